The number of benzene rings is 1. The van der Waals surface area contributed by atoms with E-state index in [1.54, 1.807) is 10.6 Å². The Kier molecular flexibility index (Phi) is 7.30. The third-order valence-electron chi connectivity index (χ3n) is 4.94. The Bertz CT molecular complexity index is 935. The van der Waals surface area contributed by atoms with Gasteiger partial charge < -0.3 is 10.6 Å². The predicted molar refractivity (Wildman–Crippen MR) is 115 cm³/mol. The summed E-state index contributed by atoms with van der Waals surface area (Å²) in [6.07, 6.45) is 5.29. The minimum absolute atomic E-state index is 0.0282. The molecule has 1 heterocycles. The van der Waals surface area contributed by atoms with Crippen LogP contribution in [0.15, 0.2) is 34.2 Å². The molecule has 1 aromatic carbocycles. The van der Waals surface area contributed by atoms with Crippen LogP contribution in [0, 0.1) is 0 Å². The Labute approximate surface area is 174 Å². The first kappa shape index (κ1) is 21.4. The average Bonchev–Trinajstić information content (AvgIpc) is 2.71. The van der Waals surface area contributed by atoms with Gasteiger partial charge in [0.05, 0.1) is 23.2 Å². The second-order valence-corrected chi connectivity index (χ2v) is 8.61. The Balaban J connectivity index is 1.76. The first-order valence-electron chi connectivity index (χ1n) is 10.2. The average molecular weight is 417 g/mol. The van der Waals surface area contributed by atoms with Crippen LogP contribution < -0.4 is 16.2 Å². The van der Waals surface area contributed by atoms with Crippen molar-refractivity contribution < 1.29 is 9.59 Å². The SMILES string of the molecule is CC(C)NC(=O)CNC(=O)CSc1nc2ccccc2c(=O)n1C1CCCCC1. The number of amides is 2. The molecule has 0 bridgehead atoms. The number of rotatable bonds is 7. The van der Waals surface area contributed by atoms with Gasteiger partial charge >= 0.3 is 0 Å². The Morgan fingerprint density at radius 1 is 1.17 bits per heavy atom. The van der Waals surface area contributed by atoms with E-state index in [1.807, 2.05) is 32.0 Å². The quantitative estimate of drug-likeness (QED) is 0.535. The first-order valence-corrected chi connectivity index (χ1v) is 11.1. The smallest absolute Gasteiger partial charge is 0.262 e. The fourth-order valence-corrected chi connectivity index (χ4v) is 4.52. The van der Waals surface area contributed by atoms with Crippen LogP contribution in [0.3, 0.4) is 0 Å². The molecule has 3 rings (SSSR count). The zero-order chi connectivity index (χ0) is 20.8. The van der Waals surface area contributed by atoms with Crippen LogP contribution in [0.1, 0.15) is 52.0 Å². The van der Waals surface area contributed by atoms with Crippen molar-refractivity contribution in [3.05, 3.63) is 34.6 Å². The molecule has 156 valence electrons. The van der Waals surface area contributed by atoms with E-state index in [0.717, 1.165) is 25.7 Å². The first-order chi connectivity index (χ1) is 14.0. The van der Waals surface area contributed by atoms with E-state index in [4.69, 9.17) is 0 Å². The molecular weight excluding hydrogens is 388 g/mol. The van der Waals surface area contributed by atoms with Gasteiger partial charge in [0.1, 0.15) is 0 Å². The third-order valence-corrected chi connectivity index (χ3v) is 5.90. The number of carbonyl (C=O) groups excluding carboxylic acids is 2. The van der Waals surface area contributed by atoms with Gasteiger partial charge in [-0.2, -0.15) is 0 Å². The maximum absolute atomic E-state index is 13.2. The molecule has 2 N–H and O–H groups in total. The van der Waals surface area contributed by atoms with Crippen LogP contribution in [-0.2, 0) is 9.59 Å². The highest BCUT2D eigenvalue weighted by atomic mass is 32.2. The summed E-state index contributed by atoms with van der Waals surface area (Å²) in [4.78, 5) is 41.8. The van der Waals surface area contributed by atoms with Crippen LogP contribution in [0.2, 0.25) is 0 Å². The number of para-hydroxylation sites is 1. The van der Waals surface area contributed by atoms with Crippen molar-refractivity contribution in [1.82, 2.24) is 20.2 Å². The highest BCUT2D eigenvalue weighted by molar-refractivity contribution is 7.99. The molecular formula is C21H28N4O3S. The molecule has 2 amide bonds. The lowest BCUT2D eigenvalue weighted by Gasteiger charge is -2.26. The number of carbonyl (C=O) groups is 2. The number of nitrogens with one attached hydrogen (secondary N) is 2. The molecule has 0 spiro atoms. The molecule has 0 saturated heterocycles. The molecule has 7 nitrogen and oxygen atoms in total. The number of aromatic nitrogens is 2. The molecule has 29 heavy (non-hydrogen) atoms. The monoisotopic (exact) mass is 416 g/mol. The zero-order valence-electron chi connectivity index (χ0n) is 16.9. The molecule has 1 saturated carbocycles. The summed E-state index contributed by atoms with van der Waals surface area (Å²) in [5, 5.41) is 6.54. The van der Waals surface area contributed by atoms with E-state index in [-0.39, 0.29) is 41.8 Å². The fourth-order valence-electron chi connectivity index (χ4n) is 3.62. The molecule has 0 aliphatic heterocycles. The number of thioether (sulfide) groups is 1. The molecule has 1 aliphatic carbocycles. The van der Waals surface area contributed by atoms with Crippen molar-refractivity contribution in [2.75, 3.05) is 12.3 Å². The van der Waals surface area contributed by atoms with E-state index in [0.29, 0.717) is 16.1 Å². The molecule has 1 fully saturated rings. The van der Waals surface area contributed by atoms with Crippen molar-refractivity contribution in [3.8, 4) is 0 Å². The highest BCUT2D eigenvalue weighted by Crippen LogP contribution is 2.30. The number of hydrogen-bond donors (Lipinski definition) is 2. The maximum atomic E-state index is 13.2. The van der Waals surface area contributed by atoms with E-state index in [2.05, 4.69) is 15.6 Å². The summed E-state index contributed by atoms with van der Waals surface area (Å²) in [5.74, 6) is -0.375. The minimum Gasteiger partial charge on any atom is -0.352 e. The van der Waals surface area contributed by atoms with Gasteiger partial charge in [-0.15, -0.1) is 0 Å². The maximum Gasteiger partial charge on any atom is 0.262 e. The Hall–Kier alpha value is -2.35. The number of nitrogens with zero attached hydrogens (tertiary/aromatic N) is 2. The summed E-state index contributed by atoms with van der Waals surface area (Å²) in [5.41, 5.74) is 0.602. The summed E-state index contributed by atoms with van der Waals surface area (Å²) >= 11 is 1.25. The summed E-state index contributed by atoms with van der Waals surface area (Å²) in [7, 11) is 0. The van der Waals surface area contributed by atoms with Gasteiger partial charge in [-0.25, -0.2) is 4.98 Å². The van der Waals surface area contributed by atoms with Crippen molar-refractivity contribution in [2.45, 2.75) is 63.2 Å². The van der Waals surface area contributed by atoms with E-state index in [9.17, 15) is 14.4 Å². The lowest BCUT2D eigenvalue weighted by molar-refractivity contribution is -0.125. The van der Waals surface area contributed by atoms with E-state index >= 15 is 0 Å². The summed E-state index contributed by atoms with van der Waals surface area (Å²) in [6.45, 7) is 3.68. The van der Waals surface area contributed by atoms with Crippen molar-refractivity contribution in [3.63, 3.8) is 0 Å². The van der Waals surface area contributed by atoms with Gasteiger partial charge in [-0.3, -0.25) is 19.0 Å². The van der Waals surface area contributed by atoms with Gasteiger partial charge in [0.2, 0.25) is 11.8 Å². The summed E-state index contributed by atoms with van der Waals surface area (Å²) < 4.78 is 1.78. The molecule has 8 heteroatoms. The fraction of sp³-hybridized carbons (Fsp3) is 0.524. The lowest BCUT2D eigenvalue weighted by atomic mass is 9.95. The Morgan fingerprint density at radius 2 is 1.90 bits per heavy atom. The van der Waals surface area contributed by atoms with Gasteiger partial charge in [-0.1, -0.05) is 43.2 Å². The van der Waals surface area contributed by atoms with Gasteiger partial charge in [-0.05, 0) is 38.8 Å². The largest absolute Gasteiger partial charge is 0.352 e. The number of hydrogen-bond acceptors (Lipinski definition) is 5. The minimum atomic E-state index is -0.258. The summed E-state index contributed by atoms with van der Waals surface area (Å²) in [6, 6.07) is 7.48. The second kappa shape index (κ2) is 9.91. The van der Waals surface area contributed by atoms with Crippen LogP contribution in [0.5, 0.6) is 0 Å². The molecule has 0 radical (unpaired) electrons. The predicted octanol–water partition coefficient (Wildman–Crippen LogP) is 2.63. The van der Waals surface area contributed by atoms with Gasteiger partial charge in [0.15, 0.2) is 5.16 Å². The highest BCUT2D eigenvalue weighted by Gasteiger charge is 2.22. The van der Waals surface area contributed by atoms with Crippen molar-refractivity contribution >= 4 is 34.5 Å². The topological polar surface area (TPSA) is 93.1 Å². The van der Waals surface area contributed by atoms with E-state index < -0.39 is 0 Å². The van der Waals surface area contributed by atoms with Crippen LogP contribution in [-0.4, -0.2) is 39.7 Å². The lowest BCUT2D eigenvalue weighted by Crippen LogP contribution is -2.40. The second-order valence-electron chi connectivity index (χ2n) is 7.67. The normalized spacial score (nSPS) is 14.9. The zero-order valence-corrected chi connectivity index (χ0v) is 17.8. The third kappa shape index (κ3) is 5.59. The molecule has 1 aromatic heterocycles. The van der Waals surface area contributed by atoms with Crippen LogP contribution in [0.4, 0.5) is 0 Å². The van der Waals surface area contributed by atoms with E-state index in [1.165, 1.54) is 18.2 Å². The molecule has 1 aliphatic rings. The van der Waals surface area contributed by atoms with Gasteiger partial charge in [0, 0.05) is 12.1 Å². The van der Waals surface area contributed by atoms with Crippen LogP contribution in [0.25, 0.3) is 10.9 Å². The standard InChI is InChI=1S/C21H28N4O3S/c1-14(2)23-18(26)12-22-19(27)13-29-21-24-17-11-7-6-10-16(17)20(28)25(21)15-8-4-3-5-9-15/h6-7,10-11,14-15H,3-5,8-9,12-13H2,1-2H3,(H,22,27)(H,23,26). The molecule has 0 unspecified atom stereocenters. The van der Waals surface area contributed by atoms with Crippen molar-refractivity contribution in [1.29, 1.82) is 0 Å². The van der Waals surface area contributed by atoms with Crippen LogP contribution >= 0.6 is 11.8 Å². The number of fused-ring (bicyclic) bond motifs is 1. The molecule has 2 aromatic rings. The van der Waals surface area contributed by atoms with Crippen molar-refractivity contribution in [2.24, 2.45) is 0 Å². The Morgan fingerprint density at radius 3 is 2.62 bits per heavy atom. The molecule has 0 atom stereocenters. The van der Waals surface area contributed by atoms with Gasteiger partial charge in [0.25, 0.3) is 5.56 Å².